The number of anilines is 1. The molecule has 4 aromatic rings. The minimum Gasteiger partial charge on any atom is -0.351 e. The molecule has 5 rings (SSSR count). The molecule has 3 heterocycles. The summed E-state index contributed by atoms with van der Waals surface area (Å²) >= 11 is 6.00. The first-order chi connectivity index (χ1) is 14.7. The second-order valence-electron chi connectivity index (χ2n) is 7.06. The zero-order chi connectivity index (χ0) is 20.5. The number of amides is 1. The van der Waals surface area contributed by atoms with Gasteiger partial charge in [-0.15, -0.1) is 14.8 Å². The van der Waals surface area contributed by atoms with Gasteiger partial charge >= 0.3 is 0 Å². The molecule has 0 atom stereocenters. The minimum atomic E-state index is -0.0108. The molecule has 1 aliphatic rings. The number of aromatic nitrogens is 5. The predicted octanol–water partition coefficient (Wildman–Crippen LogP) is 2.69. The third-order valence-corrected chi connectivity index (χ3v) is 5.44. The maximum absolute atomic E-state index is 12.6. The molecule has 0 saturated carbocycles. The Hall–Kier alpha value is -3.52. The Balaban J connectivity index is 1.33. The molecule has 2 aromatic carbocycles. The van der Waals surface area contributed by atoms with E-state index >= 15 is 0 Å². The number of rotatable bonds is 3. The van der Waals surface area contributed by atoms with Gasteiger partial charge in [0.25, 0.3) is 0 Å². The molecule has 1 saturated heterocycles. The first-order valence-electron chi connectivity index (χ1n) is 9.64. The van der Waals surface area contributed by atoms with Gasteiger partial charge in [-0.25, -0.2) is 0 Å². The number of fused-ring (bicyclic) bond motifs is 3. The molecule has 30 heavy (non-hydrogen) atoms. The average molecular weight is 420 g/mol. The summed E-state index contributed by atoms with van der Waals surface area (Å²) in [5, 5.41) is 19.0. The highest BCUT2D eigenvalue weighted by Crippen LogP contribution is 2.27. The second-order valence-corrected chi connectivity index (χ2v) is 7.50. The molecule has 0 radical (unpaired) electrons. The van der Waals surface area contributed by atoms with Crippen molar-refractivity contribution in [3.8, 4) is 0 Å². The molecule has 9 heteroatoms. The van der Waals surface area contributed by atoms with Gasteiger partial charge < -0.3 is 9.80 Å². The summed E-state index contributed by atoms with van der Waals surface area (Å²) in [6.07, 6.45) is 3.39. The standard InChI is InChI=1S/C21H18ClN7O/c22-16-5-3-4-15(14-16)8-9-19(30)27-10-12-28(13-11-27)21-18-7-2-1-6-17(18)20-23-25-26-29(20)24-21/h1-9,14H,10-13H2/b9-8+. The normalized spacial score (nSPS) is 14.8. The van der Waals surface area contributed by atoms with Crippen molar-refractivity contribution in [2.24, 2.45) is 0 Å². The zero-order valence-corrected chi connectivity index (χ0v) is 16.8. The van der Waals surface area contributed by atoms with Crippen molar-refractivity contribution in [3.63, 3.8) is 0 Å². The molecule has 150 valence electrons. The zero-order valence-electron chi connectivity index (χ0n) is 16.0. The van der Waals surface area contributed by atoms with E-state index in [4.69, 9.17) is 11.6 Å². The third-order valence-electron chi connectivity index (χ3n) is 5.21. The smallest absolute Gasteiger partial charge is 0.246 e. The molecule has 0 bridgehead atoms. The molecule has 2 aromatic heterocycles. The van der Waals surface area contributed by atoms with Crippen LogP contribution in [0, 0.1) is 0 Å². The Labute approximate surface area is 177 Å². The van der Waals surface area contributed by atoms with E-state index in [9.17, 15) is 4.79 Å². The van der Waals surface area contributed by atoms with Crippen LogP contribution in [0.1, 0.15) is 5.56 Å². The monoisotopic (exact) mass is 419 g/mol. The van der Waals surface area contributed by atoms with Crippen LogP contribution in [0.2, 0.25) is 5.02 Å². The maximum Gasteiger partial charge on any atom is 0.246 e. The predicted molar refractivity (Wildman–Crippen MR) is 115 cm³/mol. The Morgan fingerprint density at radius 3 is 2.60 bits per heavy atom. The number of hydrogen-bond acceptors (Lipinski definition) is 6. The number of halogens is 1. The quantitative estimate of drug-likeness (QED) is 0.475. The van der Waals surface area contributed by atoms with Crippen LogP contribution in [0.3, 0.4) is 0 Å². The Kier molecular flexibility index (Phi) is 4.76. The van der Waals surface area contributed by atoms with E-state index in [1.807, 2.05) is 53.4 Å². The molecule has 1 aliphatic heterocycles. The molecule has 1 amide bonds. The summed E-state index contributed by atoms with van der Waals surface area (Å²) in [7, 11) is 0. The summed E-state index contributed by atoms with van der Waals surface area (Å²) in [5.74, 6) is 0.815. The van der Waals surface area contributed by atoms with Crippen molar-refractivity contribution in [1.29, 1.82) is 0 Å². The number of nitrogens with zero attached hydrogens (tertiary/aromatic N) is 7. The van der Waals surface area contributed by atoms with Crippen LogP contribution >= 0.6 is 11.6 Å². The van der Waals surface area contributed by atoms with Crippen LogP contribution in [0.5, 0.6) is 0 Å². The lowest BCUT2D eigenvalue weighted by molar-refractivity contribution is -0.126. The molecule has 0 aliphatic carbocycles. The number of hydrogen-bond donors (Lipinski definition) is 0. The Morgan fingerprint density at radius 2 is 1.80 bits per heavy atom. The molecular weight excluding hydrogens is 402 g/mol. The van der Waals surface area contributed by atoms with E-state index in [0.29, 0.717) is 36.8 Å². The van der Waals surface area contributed by atoms with E-state index in [0.717, 1.165) is 22.2 Å². The van der Waals surface area contributed by atoms with Crippen molar-refractivity contribution in [3.05, 3.63) is 65.2 Å². The van der Waals surface area contributed by atoms with E-state index < -0.39 is 0 Å². The van der Waals surface area contributed by atoms with Crippen LogP contribution in [0.25, 0.3) is 22.5 Å². The highest BCUT2D eigenvalue weighted by atomic mass is 35.5. The number of benzene rings is 2. The van der Waals surface area contributed by atoms with Gasteiger partial charge in [-0.2, -0.15) is 0 Å². The molecule has 8 nitrogen and oxygen atoms in total. The summed E-state index contributed by atoms with van der Waals surface area (Å²) in [6, 6.07) is 15.4. The fourth-order valence-corrected chi connectivity index (χ4v) is 3.88. The van der Waals surface area contributed by atoms with Gasteiger partial charge in [0.2, 0.25) is 11.6 Å². The first-order valence-corrected chi connectivity index (χ1v) is 10.0. The van der Waals surface area contributed by atoms with E-state index in [-0.39, 0.29) is 5.91 Å². The van der Waals surface area contributed by atoms with Gasteiger partial charge in [0.15, 0.2) is 5.82 Å². The van der Waals surface area contributed by atoms with Gasteiger partial charge in [-0.1, -0.05) is 48.0 Å². The lowest BCUT2D eigenvalue weighted by atomic mass is 10.1. The van der Waals surface area contributed by atoms with Crippen LogP contribution in [0.15, 0.2) is 54.6 Å². The largest absolute Gasteiger partial charge is 0.351 e. The van der Waals surface area contributed by atoms with Gasteiger partial charge in [0.05, 0.1) is 0 Å². The minimum absolute atomic E-state index is 0.0108. The van der Waals surface area contributed by atoms with Crippen molar-refractivity contribution >= 4 is 45.8 Å². The Morgan fingerprint density at radius 1 is 1.00 bits per heavy atom. The molecule has 1 fully saturated rings. The van der Waals surface area contributed by atoms with Crippen LogP contribution < -0.4 is 4.90 Å². The topological polar surface area (TPSA) is 79.5 Å². The molecule has 0 N–H and O–H groups in total. The molecule has 0 unspecified atom stereocenters. The summed E-state index contributed by atoms with van der Waals surface area (Å²) < 4.78 is 1.46. The van der Waals surface area contributed by atoms with Gasteiger partial charge in [-0.05, 0) is 34.2 Å². The number of carbonyl (C=O) groups excluding carboxylic acids is 1. The lowest BCUT2D eigenvalue weighted by Crippen LogP contribution is -2.48. The summed E-state index contributed by atoms with van der Waals surface area (Å²) in [5.41, 5.74) is 1.54. The number of piperazine rings is 1. The molecular formula is C21H18ClN7O. The van der Waals surface area contributed by atoms with Crippen molar-refractivity contribution in [1.82, 2.24) is 30.2 Å². The number of tetrazole rings is 1. The fourth-order valence-electron chi connectivity index (χ4n) is 3.68. The van der Waals surface area contributed by atoms with E-state index in [2.05, 4.69) is 25.5 Å². The van der Waals surface area contributed by atoms with E-state index in [1.165, 1.54) is 4.63 Å². The first kappa shape index (κ1) is 18.5. The lowest BCUT2D eigenvalue weighted by Gasteiger charge is -2.35. The van der Waals surface area contributed by atoms with Crippen molar-refractivity contribution in [2.45, 2.75) is 0 Å². The van der Waals surface area contributed by atoms with Gasteiger partial charge in [-0.3, -0.25) is 4.79 Å². The third kappa shape index (κ3) is 3.46. The van der Waals surface area contributed by atoms with Gasteiger partial charge in [0, 0.05) is 48.1 Å². The SMILES string of the molecule is O=C(/C=C/c1cccc(Cl)c1)N1CCN(c2nn3nnnc3c3ccccc23)CC1. The Bertz CT molecular complexity index is 1260. The fraction of sp³-hybridized carbons (Fsp3) is 0.190. The molecule has 0 spiro atoms. The van der Waals surface area contributed by atoms with Crippen molar-refractivity contribution in [2.75, 3.05) is 31.1 Å². The van der Waals surface area contributed by atoms with Crippen molar-refractivity contribution < 1.29 is 4.79 Å². The van der Waals surface area contributed by atoms with Crippen LogP contribution in [0.4, 0.5) is 5.82 Å². The average Bonchev–Trinajstić information content (AvgIpc) is 3.26. The maximum atomic E-state index is 12.6. The summed E-state index contributed by atoms with van der Waals surface area (Å²) in [6.45, 7) is 2.59. The van der Waals surface area contributed by atoms with E-state index in [1.54, 1.807) is 12.2 Å². The highest BCUT2D eigenvalue weighted by molar-refractivity contribution is 6.30. The summed E-state index contributed by atoms with van der Waals surface area (Å²) in [4.78, 5) is 16.6. The number of carbonyl (C=O) groups is 1. The second kappa shape index (κ2) is 7.72. The van der Waals surface area contributed by atoms with Crippen LogP contribution in [-0.4, -0.2) is 62.2 Å². The highest BCUT2D eigenvalue weighted by Gasteiger charge is 2.23. The van der Waals surface area contributed by atoms with Gasteiger partial charge in [0.1, 0.15) is 0 Å². The van der Waals surface area contributed by atoms with Crippen LogP contribution in [-0.2, 0) is 4.79 Å².